The molecular formula is C6H9NOS. The monoisotopic (exact) mass is 143 g/mol. The van der Waals surface area contributed by atoms with Gasteiger partial charge in [-0.2, -0.15) is 5.26 Å². The summed E-state index contributed by atoms with van der Waals surface area (Å²) in [7, 11) is 1.72. The molecule has 0 aromatic rings. The molecule has 9 heavy (non-hydrogen) atoms. The number of nitriles is 1. The van der Waals surface area contributed by atoms with E-state index in [1.807, 2.05) is 0 Å². The zero-order valence-electron chi connectivity index (χ0n) is 5.33. The van der Waals surface area contributed by atoms with E-state index in [9.17, 15) is 0 Å². The average Bonchev–Trinajstić information content (AvgIpc) is 1.77. The lowest BCUT2D eigenvalue weighted by atomic mass is 9.95. The minimum absolute atomic E-state index is 0.427. The first-order valence-corrected chi connectivity index (χ1v) is 3.82. The Labute approximate surface area is 59.2 Å². The lowest BCUT2D eigenvalue weighted by Crippen LogP contribution is -2.32. The number of nitrogens with zero attached hydrogens (tertiary/aromatic N) is 1. The maximum absolute atomic E-state index is 8.23. The number of hydrogen-bond donors (Lipinski definition) is 0. The van der Waals surface area contributed by atoms with Gasteiger partial charge in [0.2, 0.25) is 0 Å². The van der Waals surface area contributed by atoms with Gasteiger partial charge >= 0.3 is 0 Å². The molecule has 1 aliphatic rings. The third-order valence-corrected chi connectivity index (χ3v) is 2.43. The summed E-state index contributed by atoms with van der Waals surface area (Å²) >= 11 is 1.36. The van der Waals surface area contributed by atoms with Crippen molar-refractivity contribution < 1.29 is 4.74 Å². The van der Waals surface area contributed by atoms with Crippen molar-refractivity contribution >= 4 is 11.8 Å². The fraction of sp³-hybridized carbons (Fsp3) is 0.833. The Morgan fingerprint density at radius 2 is 2.33 bits per heavy atom. The van der Waals surface area contributed by atoms with Crippen LogP contribution in [0.25, 0.3) is 0 Å². The van der Waals surface area contributed by atoms with Crippen LogP contribution in [0, 0.1) is 10.7 Å². The maximum atomic E-state index is 8.23. The molecule has 0 aromatic carbocycles. The number of rotatable bonds is 2. The third-order valence-electron chi connectivity index (χ3n) is 1.60. The van der Waals surface area contributed by atoms with E-state index in [1.54, 1.807) is 7.11 Å². The van der Waals surface area contributed by atoms with Crippen LogP contribution in [0.1, 0.15) is 12.8 Å². The van der Waals surface area contributed by atoms with Crippen LogP contribution in [-0.2, 0) is 4.74 Å². The van der Waals surface area contributed by atoms with Crippen LogP contribution in [0.15, 0.2) is 0 Å². The predicted octanol–water partition coefficient (Wildman–Crippen LogP) is 1.38. The van der Waals surface area contributed by atoms with E-state index in [4.69, 9.17) is 10.00 Å². The van der Waals surface area contributed by atoms with Gasteiger partial charge in [0.25, 0.3) is 0 Å². The van der Waals surface area contributed by atoms with E-state index >= 15 is 0 Å². The topological polar surface area (TPSA) is 33.0 Å². The quantitative estimate of drug-likeness (QED) is 0.547. The van der Waals surface area contributed by atoms with E-state index in [0.717, 1.165) is 12.8 Å². The molecule has 0 heterocycles. The molecular weight excluding hydrogens is 134 g/mol. The number of hydrogen-bond acceptors (Lipinski definition) is 3. The molecule has 0 atom stereocenters. The van der Waals surface area contributed by atoms with Crippen LogP contribution in [0.3, 0.4) is 0 Å². The van der Waals surface area contributed by atoms with E-state index in [-0.39, 0.29) is 0 Å². The molecule has 1 rings (SSSR count). The van der Waals surface area contributed by atoms with E-state index in [2.05, 4.69) is 5.40 Å². The summed E-state index contributed by atoms with van der Waals surface area (Å²) in [4.78, 5) is 0. The van der Waals surface area contributed by atoms with Gasteiger partial charge in [-0.1, -0.05) is 0 Å². The molecule has 0 radical (unpaired) electrons. The summed E-state index contributed by atoms with van der Waals surface area (Å²) in [5.41, 5.74) is 0. The largest absolute Gasteiger partial charge is 0.381 e. The Kier molecular flexibility index (Phi) is 2.38. The van der Waals surface area contributed by atoms with Crippen molar-refractivity contribution in [2.24, 2.45) is 0 Å². The minimum Gasteiger partial charge on any atom is -0.381 e. The number of ether oxygens (including phenoxy) is 1. The SMILES string of the molecule is CO[C@H]1C[C@@H](SC#N)C1. The fourth-order valence-electron chi connectivity index (χ4n) is 0.881. The Morgan fingerprint density at radius 3 is 2.78 bits per heavy atom. The van der Waals surface area contributed by atoms with Crippen LogP contribution in [0.2, 0.25) is 0 Å². The van der Waals surface area contributed by atoms with Crippen LogP contribution >= 0.6 is 11.8 Å². The summed E-state index contributed by atoms with van der Waals surface area (Å²) in [6, 6.07) is 0. The first-order chi connectivity index (χ1) is 4.36. The molecule has 0 bridgehead atoms. The summed E-state index contributed by atoms with van der Waals surface area (Å²) in [6.45, 7) is 0. The van der Waals surface area contributed by atoms with Crippen molar-refractivity contribution in [1.82, 2.24) is 0 Å². The molecule has 2 nitrogen and oxygen atoms in total. The standard InChI is InChI=1S/C6H9NOS/c1-8-5-2-6(3-5)9-4-7/h5-6H,2-3H2,1H3/t5-,6+. The summed E-state index contributed by atoms with van der Waals surface area (Å²) in [5, 5.41) is 10.8. The number of methoxy groups -OCH3 is 1. The Morgan fingerprint density at radius 1 is 1.67 bits per heavy atom. The van der Waals surface area contributed by atoms with Gasteiger partial charge in [0.1, 0.15) is 5.40 Å². The van der Waals surface area contributed by atoms with Crippen molar-refractivity contribution in [2.75, 3.05) is 7.11 Å². The lowest BCUT2D eigenvalue weighted by molar-refractivity contribution is 0.0459. The van der Waals surface area contributed by atoms with Gasteiger partial charge in [0.05, 0.1) is 6.10 Å². The van der Waals surface area contributed by atoms with Crippen LogP contribution in [0.4, 0.5) is 0 Å². The molecule has 1 saturated carbocycles. The zero-order chi connectivity index (χ0) is 6.69. The molecule has 0 aromatic heterocycles. The summed E-state index contributed by atoms with van der Waals surface area (Å²) in [5.74, 6) is 0. The van der Waals surface area contributed by atoms with Crippen LogP contribution in [-0.4, -0.2) is 18.5 Å². The zero-order valence-corrected chi connectivity index (χ0v) is 6.15. The van der Waals surface area contributed by atoms with Crippen molar-refractivity contribution in [3.8, 4) is 5.40 Å². The smallest absolute Gasteiger partial charge is 0.133 e. The van der Waals surface area contributed by atoms with Gasteiger partial charge in [-0.25, -0.2) is 0 Å². The maximum Gasteiger partial charge on any atom is 0.133 e. The highest BCUT2D eigenvalue weighted by atomic mass is 32.2. The highest BCUT2D eigenvalue weighted by Gasteiger charge is 2.29. The van der Waals surface area contributed by atoms with Gasteiger partial charge < -0.3 is 4.74 Å². The fourth-order valence-corrected chi connectivity index (χ4v) is 1.65. The van der Waals surface area contributed by atoms with Crippen molar-refractivity contribution in [1.29, 1.82) is 5.26 Å². The average molecular weight is 143 g/mol. The molecule has 3 heteroatoms. The second-order valence-electron chi connectivity index (χ2n) is 2.16. The first kappa shape index (κ1) is 6.91. The molecule has 50 valence electrons. The molecule has 0 aliphatic heterocycles. The molecule has 1 fully saturated rings. The normalized spacial score (nSPS) is 32.9. The second kappa shape index (κ2) is 3.09. The Hall–Kier alpha value is -0.200. The molecule has 0 unspecified atom stereocenters. The molecule has 0 spiro atoms. The van der Waals surface area contributed by atoms with E-state index in [0.29, 0.717) is 11.4 Å². The molecule has 1 aliphatic carbocycles. The summed E-state index contributed by atoms with van der Waals surface area (Å²) < 4.78 is 5.04. The van der Waals surface area contributed by atoms with Gasteiger partial charge in [-0.3, -0.25) is 0 Å². The summed E-state index contributed by atoms with van der Waals surface area (Å²) in [6.07, 6.45) is 2.53. The van der Waals surface area contributed by atoms with E-state index in [1.165, 1.54) is 11.8 Å². The predicted molar refractivity (Wildman–Crippen MR) is 37.0 cm³/mol. The minimum atomic E-state index is 0.427. The van der Waals surface area contributed by atoms with Crippen molar-refractivity contribution in [3.63, 3.8) is 0 Å². The third kappa shape index (κ3) is 1.60. The number of thioether (sulfide) groups is 1. The first-order valence-electron chi connectivity index (χ1n) is 2.94. The Balaban J connectivity index is 2.06. The van der Waals surface area contributed by atoms with Crippen molar-refractivity contribution in [2.45, 2.75) is 24.2 Å². The van der Waals surface area contributed by atoms with E-state index < -0.39 is 0 Å². The second-order valence-corrected chi connectivity index (χ2v) is 3.25. The highest BCUT2D eigenvalue weighted by Crippen LogP contribution is 2.32. The van der Waals surface area contributed by atoms with Crippen LogP contribution < -0.4 is 0 Å². The molecule has 0 N–H and O–H groups in total. The van der Waals surface area contributed by atoms with Crippen molar-refractivity contribution in [3.05, 3.63) is 0 Å². The highest BCUT2D eigenvalue weighted by molar-refractivity contribution is 8.04. The number of thiocyanates is 1. The van der Waals surface area contributed by atoms with Gasteiger partial charge in [0, 0.05) is 12.4 Å². The lowest BCUT2D eigenvalue weighted by Gasteiger charge is -2.31. The van der Waals surface area contributed by atoms with Gasteiger partial charge in [-0.15, -0.1) is 0 Å². The van der Waals surface area contributed by atoms with Crippen LogP contribution in [0.5, 0.6) is 0 Å². The Bertz CT molecular complexity index is 126. The molecule has 0 saturated heterocycles. The molecule has 0 amide bonds. The van der Waals surface area contributed by atoms with Gasteiger partial charge in [-0.05, 0) is 24.6 Å². The van der Waals surface area contributed by atoms with Gasteiger partial charge in [0.15, 0.2) is 0 Å².